The van der Waals surface area contributed by atoms with Gasteiger partial charge in [0.25, 0.3) is 0 Å². The van der Waals surface area contributed by atoms with Gasteiger partial charge < -0.3 is 14.9 Å². The van der Waals surface area contributed by atoms with Gasteiger partial charge in [-0.25, -0.2) is 0 Å². The van der Waals surface area contributed by atoms with Crippen LogP contribution in [0.5, 0.6) is 0 Å². The Labute approximate surface area is 82.9 Å². The molecule has 0 aliphatic heterocycles. The molecule has 1 aromatic carbocycles. The number of hydrogen-bond acceptors (Lipinski definition) is 3. The summed E-state index contributed by atoms with van der Waals surface area (Å²) in [7, 11) is 0.0248. The molecular formula is C9H12BNO3. The van der Waals surface area contributed by atoms with Crippen LogP contribution in [0.1, 0.15) is 6.92 Å². The highest BCUT2D eigenvalue weighted by molar-refractivity contribution is 6.60. The fourth-order valence-corrected chi connectivity index (χ4v) is 1.18. The van der Waals surface area contributed by atoms with E-state index in [-0.39, 0.29) is 5.91 Å². The topological polar surface area (TPSA) is 60.8 Å². The molecule has 0 bridgehead atoms. The van der Waals surface area contributed by atoms with Gasteiger partial charge in [0.1, 0.15) is 0 Å². The van der Waals surface area contributed by atoms with Crippen molar-refractivity contribution < 1.29 is 14.8 Å². The smallest absolute Gasteiger partial charge is 0.423 e. The van der Waals surface area contributed by atoms with Crippen molar-refractivity contribution in [3.05, 3.63) is 24.3 Å². The van der Waals surface area contributed by atoms with Gasteiger partial charge in [-0.2, -0.15) is 0 Å². The molecule has 0 radical (unpaired) electrons. The number of benzene rings is 1. The van der Waals surface area contributed by atoms with Crippen molar-refractivity contribution in [2.75, 3.05) is 11.9 Å². The average molecular weight is 193 g/mol. The van der Waals surface area contributed by atoms with E-state index < -0.39 is 7.12 Å². The summed E-state index contributed by atoms with van der Waals surface area (Å²) in [5, 5.41) is 18.1. The predicted molar refractivity (Wildman–Crippen MR) is 55.4 cm³/mol. The molecule has 0 fully saturated rings. The fraction of sp³-hybridized carbons (Fsp3) is 0.222. The molecule has 1 rings (SSSR count). The molecule has 0 spiro atoms. The van der Waals surface area contributed by atoms with Gasteiger partial charge in [-0.3, -0.25) is 4.79 Å². The minimum Gasteiger partial charge on any atom is -0.423 e. The van der Waals surface area contributed by atoms with E-state index in [1.165, 1.54) is 11.8 Å². The van der Waals surface area contributed by atoms with E-state index in [4.69, 9.17) is 10.0 Å². The highest BCUT2D eigenvalue weighted by Crippen LogP contribution is 2.09. The Morgan fingerprint density at radius 2 is 1.93 bits per heavy atom. The molecule has 14 heavy (non-hydrogen) atoms. The lowest BCUT2D eigenvalue weighted by Gasteiger charge is -2.18. The van der Waals surface area contributed by atoms with E-state index >= 15 is 0 Å². The first kappa shape index (κ1) is 10.8. The van der Waals surface area contributed by atoms with E-state index in [1.807, 2.05) is 0 Å². The first-order valence-electron chi connectivity index (χ1n) is 4.23. The van der Waals surface area contributed by atoms with Crippen molar-refractivity contribution in [2.24, 2.45) is 0 Å². The van der Waals surface area contributed by atoms with Crippen LogP contribution < -0.4 is 10.4 Å². The van der Waals surface area contributed by atoms with Crippen molar-refractivity contribution >= 4 is 24.2 Å². The van der Waals surface area contributed by atoms with Gasteiger partial charge in [-0.1, -0.05) is 18.2 Å². The minimum atomic E-state index is -1.56. The molecule has 4 nitrogen and oxygen atoms in total. The number of rotatable bonds is 2. The van der Waals surface area contributed by atoms with Crippen LogP contribution >= 0.6 is 0 Å². The molecule has 0 atom stereocenters. The van der Waals surface area contributed by atoms with Crippen LogP contribution in [-0.4, -0.2) is 30.1 Å². The number of para-hydroxylation sites is 1. The maximum absolute atomic E-state index is 11.1. The summed E-state index contributed by atoms with van der Waals surface area (Å²) in [6.45, 7) is 1.42. The summed E-state index contributed by atoms with van der Waals surface area (Å²) in [5.41, 5.74) is 0.834. The number of hydrogen-bond donors (Lipinski definition) is 2. The quantitative estimate of drug-likeness (QED) is 0.613. The standard InChI is InChI=1S/C9H12BNO3/c1-7(12)11(2)9-6-4-3-5-8(9)10(13)14/h3-6,13-14H,1-2H3. The van der Waals surface area contributed by atoms with E-state index in [2.05, 4.69) is 0 Å². The zero-order valence-electron chi connectivity index (χ0n) is 8.14. The first-order chi connectivity index (χ1) is 6.54. The molecule has 0 aliphatic rings. The zero-order chi connectivity index (χ0) is 10.7. The Hall–Kier alpha value is -1.33. The van der Waals surface area contributed by atoms with E-state index in [0.29, 0.717) is 11.2 Å². The zero-order valence-corrected chi connectivity index (χ0v) is 8.14. The third-order valence-corrected chi connectivity index (χ3v) is 2.05. The Kier molecular flexibility index (Phi) is 3.27. The molecule has 0 heterocycles. The molecule has 0 unspecified atom stereocenters. The molecule has 5 heteroatoms. The molecule has 0 aromatic heterocycles. The van der Waals surface area contributed by atoms with Gasteiger partial charge in [0.05, 0.1) is 0 Å². The molecular weight excluding hydrogens is 181 g/mol. The summed E-state index contributed by atoms with van der Waals surface area (Å²) >= 11 is 0. The lowest BCUT2D eigenvalue weighted by Crippen LogP contribution is -2.37. The summed E-state index contributed by atoms with van der Waals surface area (Å²) in [5.74, 6) is -0.155. The van der Waals surface area contributed by atoms with Crippen molar-refractivity contribution in [3.63, 3.8) is 0 Å². The van der Waals surface area contributed by atoms with E-state index in [1.54, 1.807) is 31.3 Å². The number of anilines is 1. The minimum absolute atomic E-state index is 0.155. The van der Waals surface area contributed by atoms with Gasteiger partial charge >= 0.3 is 7.12 Å². The van der Waals surface area contributed by atoms with Gasteiger partial charge in [0, 0.05) is 25.1 Å². The first-order valence-corrected chi connectivity index (χ1v) is 4.23. The number of carbonyl (C=O) groups is 1. The molecule has 0 saturated heterocycles. The van der Waals surface area contributed by atoms with Crippen LogP contribution in [0, 0.1) is 0 Å². The van der Waals surface area contributed by atoms with Gasteiger partial charge in [0.15, 0.2) is 0 Å². The van der Waals surface area contributed by atoms with Crippen LogP contribution in [0.4, 0.5) is 5.69 Å². The highest BCUT2D eigenvalue weighted by atomic mass is 16.4. The summed E-state index contributed by atoms with van der Waals surface area (Å²) in [4.78, 5) is 12.5. The highest BCUT2D eigenvalue weighted by Gasteiger charge is 2.18. The second-order valence-corrected chi connectivity index (χ2v) is 3.01. The Balaban J connectivity index is 3.13. The Bertz CT molecular complexity index is 341. The SMILES string of the molecule is CC(=O)N(C)c1ccccc1B(O)O. The van der Waals surface area contributed by atoms with Crippen molar-refractivity contribution in [1.29, 1.82) is 0 Å². The van der Waals surface area contributed by atoms with Crippen LogP contribution in [0.2, 0.25) is 0 Å². The second-order valence-electron chi connectivity index (χ2n) is 3.01. The average Bonchev–Trinajstić information content (AvgIpc) is 2.16. The van der Waals surface area contributed by atoms with Crippen molar-refractivity contribution in [3.8, 4) is 0 Å². The Morgan fingerprint density at radius 3 is 2.43 bits per heavy atom. The lowest BCUT2D eigenvalue weighted by molar-refractivity contribution is -0.116. The second kappa shape index (κ2) is 4.26. The summed E-state index contributed by atoms with van der Waals surface area (Å²) in [6, 6.07) is 6.66. The predicted octanol–water partition coefficient (Wildman–Crippen LogP) is -0.651. The van der Waals surface area contributed by atoms with Gasteiger partial charge in [-0.15, -0.1) is 0 Å². The van der Waals surface area contributed by atoms with Gasteiger partial charge in [0.2, 0.25) is 5.91 Å². The normalized spacial score (nSPS) is 9.71. The Morgan fingerprint density at radius 1 is 1.36 bits per heavy atom. The molecule has 74 valence electrons. The van der Waals surface area contributed by atoms with Gasteiger partial charge in [-0.05, 0) is 6.07 Å². The largest absolute Gasteiger partial charge is 0.490 e. The lowest BCUT2D eigenvalue weighted by atomic mass is 9.79. The van der Waals surface area contributed by atoms with Crippen molar-refractivity contribution in [1.82, 2.24) is 0 Å². The van der Waals surface area contributed by atoms with E-state index in [9.17, 15) is 4.79 Å². The molecule has 0 aliphatic carbocycles. The van der Waals surface area contributed by atoms with Crippen LogP contribution in [0.3, 0.4) is 0 Å². The molecule has 1 amide bonds. The molecule has 2 N–H and O–H groups in total. The summed E-state index contributed by atoms with van der Waals surface area (Å²) < 4.78 is 0. The number of amides is 1. The van der Waals surface area contributed by atoms with Crippen LogP contribution in [0.15, 0.2) is 24.3 Å². The number of nitrogens with zero attached hydrogens (tertiary/aromatic N) is 1. The van der Waals surface area contributed by atoms with Crippen molar-refractivity contribution in [2.45, 2.75) is 6.92 Å². The third-order valence-electron chi connectivity index (χ3n) is 2.05. The summed E-state index contributed by atoms with van der Waals surface area (Å²) in [6.07, 6.45) is 0. The monoisotopic (exact) mass is 193 g/mol. The fourth-order valence-electron chi connectivity index (χ4n) is 1.18. The van der Waals surface area contributed by atoms with Crippen LogP contribution in [0.25, 0.3) is 0 Å². The van der Waals surface area contributed by atoms with Crippen LogP contribution in [-0.2, 0) is 4.79 Å². The number of carbonyl (C=O) groups excluding carboxylic acids is 1. The maximum Gasteiger partial charge on any atom is 0.490 e. The molecule has 1 aromatic rings. The van der Waals surface area contributed by atoms with E-state index in [0.717, 1.165) is 0 Å². The molecule has 0 saturated carbocycles. The third kappa shape index (κ3) is 2.13. The maximum atomic E-state index is 11.1.